The lowest BCUT2D eigenvalue weighted by atomic mass is 9.98. The second kappa shape index (κ2) is 8.43. The number of amides is 1. The summed E-state index contributed by atoms with van der Waals surface area (Å²) < 4.78 is 16.8. The summed E-state index contributed by atoms with van der Waals surface area (Å²) in [5.74, 6) is 1.13. The van der Waals surface area contributed by atoms with Crippen LogP contribution in [-0.4, -0.2) is 56.6 Å². The van der Waals surface area contributed by atoms with Crippen molar-refractivity contribution in [3.63, 3.8) is 0 Å². The van der Waals surface area contributed by atoms with Crippen LogP contribution in [0.15, 0.2) is 51.7 Å². The Morgan fingerprint density at radius 2 is 1.77 bits per heavy atom. The summed E-state index contributed by atoms with van der Waals surface area (Å²) in [6.45, 7) is 3.62. The van der Waals surface area contributed by atoms with Gasteiger partial charge in [0.2, 0.25) is 5.76 Å². The maximum absolute atomic E-state index is 13.5. The Morgan fingerprint density at radius 1 is 1.06 bits per heavy atom. The summed E-state index contributed by atoms with van der Waals surface area (Å²) in [4.78, 5) is 30.5. The van der Waals surface area contributed by atoms with Gasteiger partial charge < -0.3 is 23.7 Å². The first kappa shape index (κ1) is 20.9. The van der Waals surface area contributed by atoms with Gasteiger partial charge in [0.25, 0.3) is 5.91 Å². The number of benzene rings is 2. The van der Waals surface area contributed by atoms with Crippen LogP contribution in [0.4, 0.5) is 0 Å². The van der Waals surface area contributed by atoms with Crippen LogP contribution in [-0.2, 0) is 0 Å². The van der Waals surface area contributed by atoms with Crippen molar-refractivity contribution >= 4 is 16.9 Å². The first-order chi connectivity index (χ1) is 14.9. The number of hydrogen-bond donors (Lipinski definition) is 0. The zero-order valence-corrected chi connectivity index (χ0v) is 18.2. The summed E-state index contributed by atoms with van der Waals surface area (Å²) in [6.07, 6.45) is 0. The molecule has 0 saturated heterocycles. The maximum Gasteiger partial charge on any atom is 0.290 e. The van der Waals surface area contributed by atoms with Crippen LogP contribution in [0, 0.1) is 0 Å². The van der Waals surface area contributed by atoms with Crippen molar-refractivity contribution in [2.75, 3.05) is 40.9 Å². The average Bonchev–Trinajstić information content (AvgIpc) is 3.04. The Morgan fingerprint density at radius 3 is 2.42 bits per heavy atom. The molecular formula is C24H26N2O5. The largest absolute Gasteiger partial charge is 0.497 e. The molecule has 162 valence electrons. The molecule has 2 heterocycles. The fourth-order valence-electron chi connectivity index (χ4n) is 3.92. The zero-order valence-electron chi connectivity index (χ0n) is 18.2. The molecule has 0 spiro atoms. The number of fused-ring (bicyclic) bond motifs is 2. The van der Waals surface area contributed by atoms with Gasteiger partial charge in [-0.2, -0.15) is 0 Å². The minimum atomic E-state index is -0.513. The van der Waals surface area contributed by atoms with Crippen LogP contribution in [0.3, 0.4) is 0 Å². The molecule has 1 atom stereocenters. The Kier molecular flexibility index (Phi) is 5.69. The minimum Gasteiger partial charge on any atom is -0.497 e. The smallest absolute Gasteiger partial charge is 0.290 e. The number of ether oxygens (including phenoxy) is 2. The lowest BCUT2D eigenvalue weighted by Crippen LogP contribution is -2.35. The number of carbonyl (C=O) groups excluding carboxylic acids is 1. The normalized spacial score (nSPS) is 15.6. The number of hydrogen-bond acceptors (Lipinski definition) is 6. The van der Waals surface area contributed by atoms with Crippen molar-refractivity contribution < 1.29 is 18.7 Å². The van der Waals surface area contributed by atoms with Gasteiger partial charge in [-0.1, -0.05) is 12.1 Å². The van der Waals surface area contributed by atoms with Gasteiger partial charge in [-0.05, 0) is 50.8 Å². The molecule has 1 aliphatic rings. The van der Waals surface area contributed by atoms with E-state index in [1.54, 1.807) is 30.2 Å². The van der Waals surface area contributed by atoms with Gasteiger partial charge in [0.15, 0.2) is 5.43 Å². The highest BCUT2D eigenvalue weighted by Gasteiger charge is 2.42. The molecule has 4 rings (SSSR count). The number of rotatable bonds is 7. The van der Waals surface area contributed by atoms with Crippen molar-refractivity contribution in [2.45, 2.75) is 13.0 Å². The number of nitrogens with zero attached hydrogens (tertiary/aromatic N) is 2. The van der Waals surface area contributed by atoms with Crippen molar-refractivity contribution in [1.82, 2.24) is 9.80 Å². The highest BCUT2D eigenvalue weighted by molar-refractivity contribution is 5.99. The molecule has 0 saturated carbocycles. The van der Waals surface area contributed by atoms with E-state index in [2.05, 4.69) is 0 Å². The number of likely N-dealkylation sites (N-methyl/N-ethyl adjacent to an activating group) is 1. The van der Waals surface area contributed by atoms with Crippen LogP contribution in [0.2, 0.25) is 0 Å². The van der Waals surface area contributed by atoms with E-state index in [9.17, 15) is 9.59 Å². The van der Waals surface area contributed by atoms with E-state index in [4.69, 9.17) is 13.9 Å². The van der Waals surface area contributed by atoms with Gasteiger partial charge in [0, 0.05) is 19.2 Å². The minimum absolute atomic E-state index is 0.100. The van der Waals surface area contributed by atoms with Crippen LogP contribution in [0.5, 0.6) is 11.5 Å². The Hall–Kier alpha value is -3.32. The average molecular weight is 422 g/mol. The Bertz CT molecular complexity index is 1170. The van der Waals surface area contributed by atoms with E-state index in [0.717, 1.165) is 11.3 Å². The molecule has 0 unspecified atom stereocenters. The lowest BCUT2D eigenvalue weighted by Gasteiger charge is -2.26. The maximum atomic E-state index is 13.5. The Labute approximate surface area is 180 Å². The molecule has 3 aromatic rings. The number of carbonyl (C=O) groups is 1. The van der Waals surface area contributed by atoms with Gasteiger partial charge in [-0.3, -0.25) is 9.59 Å². The van der Waals surface area contributed by atoms with E-state index >= 15 is 0 Å². The molecule has 0 radical (unpaired) electrons. The summed E-state index contributed by atoms with van der Waals surface area (Å²) in [6, 6.07) is 12.1. The third-order valence-corrected chi connectivity index (χ3v) is 5.47. The van der Waals surface area contributed by atoms with E-state index in [1.165, 1.54) is 0 Å². The van der Waals surface area contributed by atoms with Gasteiger partial charge in [-0.15, -0.1) is 0 Å². The Balaban J connectivity index is 1.87. The summed E-state index contributed by atoms with van der Waals surface area (Å²) in [7, 11) is 5.44. The molecule has 2 aromatic carbocycles. The molecule has 0 bridgehead atoms. The third-order valence-electron chi connectivity index (χ3n) is 5.47. The summed E-state index contributed by atoms with van der Waals surface area (Å²) in [5, 5.41) is 0.428. The molecule has 7 nitrogen and oxygen atoms in total. The van der Waals surface area contributed by atoms with E-state index in [1.807, 2.05) is 50.2 Å². The fourth-order valence-corrected chi connectivity index (χ4v) is 3.92. The monoisotopic (exact) mass is 422 g/mol. The highest BCUT2D eigenvalue weighted by atomic mass is 16.5. The third kappa shape index (κ3) is 3.77. The second-order valence-corrected chi connectivity index (χ2v) is 7.74. The van der Waals surface area contributed by atoms with Crippen molar-refractivity contribution in [3.8, 4) is 11.5 Å². The molecular weight excluding hydrogens is 396 g/mol. The van der Waals surface area contributed by atoms with E-state index < -0.39 is 6.04 Å². The predicted octanol–water partition coefficient (Wildman–Crippen LogP) is 3.31. The summed E-state index contributed by atoms with van der Waals surface area (Å²) >= 11 is 0. The molecule has 1 aliphatic heterocycles. The zero-order chi connectivity index (χ0) is 22.1. The standard InChI is InChI=1S/C24H26N2O5/c1-5-30-16-8-6-15(7-9-16)21-20-22(27)18-11-10-17(29-4)14-19(18)31-23(20)24(28)26(21)13-12-25(2)3/h6-11,14,21H,5,12-13H2,1-4H3/t21-/m1/s1. The molecule has 7 heteroatoms. The number of methoxy groups -OCH3 is 1. The molecule has 0 N–H and O–H groups in total. The van der Waals surface area contributed by atoms with Crippen molar-refractivity contribution in [2.24, 2.45) is 0 Å². The second-order valence-electron chi connectivity index (χ2n) is 7.74. The molecule has 0 aliphatic carbocycles. The van der Waals surface area contributed by atoms with E-state index in [-0.39, 0.29) is 17.1 Å². The van der Waals surface area contributed by atoms with Gasteiger partial charge in [-0.25, -0.2) is 0 Å². The van der Waals surface area contributed by atoms with E-state index in [0.29, 0.717) is 42.0 Å². The van der Waals surface area contributed by atoms with Crippen molar-refractivity contribution in [3.05, 3.63) is 69.6 Å². The first-order valence-electron chi connectivity index (χ1n) is 10.3. The molecule has 31 heavy (non-hydrogen) atoms. The van der Waals surface area contributed by atoms with Crippen LogP contribution < -0.4 is 14.9 Å². The molecule has 1 aromatic heterocycles. The quantitative estimate of drug-likeness (QED) is 0.582. The SMILES string of the molecule is CCOc1ccc([C@@H]2c3c(oc4cc(OC)ccc4c3=O)C(=O)N2CCN(C)C)cc1. The lowest BCUT2D eigenvalue weighted by molar-refractivity contribution is 0.0716. The van der Waals surface area contributed by atoms with Crippen LogP contribution in [0.1, 0.15) is 34.6 Å². The van der Waals surface area contributed by atoms with Crippen LogP contribution in [0.25, 0.3) is 11.0 Å². The topological polar surface area (TPSA) is 72.2 Å². The molecule has 1 amide bonds. The predicted molar refractivity (Wildman–Crippen MR) is 118 cm³/mol. The van der Waals surface area contributed by atoms with Gasteiger partial charge >= 0.3 is 0 Å². The summed E-state index contributed by atoms with van der Waals surface area (Å²) in [5.41, 5.74) is 1.37. The van der Waals surface area contributed by atoms with Gasteiger partial charge in [0.1, 0.15) is 17.1 Å². The van der Waals surface area contributed by atoms with Gasteiger partial charge in [0.05, 0.1) is 30.7 Å². The van der Waals surface area contributed by atoms with Crippen molar-refractivity contribution in [1.29, 1.82) is 0 Å². The highest BCUT2D eigenvalue weighted by Crippen LogP contribution is 2.38. The molecule has 0 fully saturated rings. The van der Waals surface area contributed by atoms with Crippen LogP contribution >= 0.6 is 0 Å². The fraction of sp³-hybridized carbons (Fsp3) is 0.333. The first-order valence-corrected chi connectivity index (χ1v) is 10.3.